The van der Waals surface area contributed by atoms with Crippen LogP contribution in [-0.4, -0.2) is 49.3 Å². The van der Waals surface area contributed by atoms with E-state index in [1.807, 2.05) is 30.3 Å². The summed E-state index contributed by atoms with van der Waals surface area (Å²) in [6, 6.07) is 15.1. The van der Waals surface area contributed by atoms with Gasteiger partial charge in [0.05, 0.1) is 38.9 Å². The first-order valence-electron chi connectivity index (χ1n) is 8.88. The summed E-state index contributed by atoms with van der Waals surface area (Å²) in [6.07, 6.45) is 0. The number of thiocarbonyl (C=S) groups is 1. The van der Waals surface area contributed by atoms with Crippen LogP contribution in [0.2, 0.25) is 5.02 Å². The van der Waals surface area contributed by atoms with Crippen LogP contribution in [0.15, 0.2) is 48.5 Å². The third-order valence-electron chi connectivity index (χ3n) is 4.71. The summed E-state index contributed by atoms with van der Waals surface area (Å²) in [4.78, 5) is 15.2. The summed E-state index contributed by atoms with van der Waals surface area (Å²) in [7, 11) is 1.37. The average Bonchev–Trinajstić information content (AvgIpc) is 2.70. The fourth-order valence-corrected chi connectivity index (χ4v) is 3.63. The molecule has 2 aromatic rings. The van der Waals surface area contributed by atoms with Crippen LogP contribution in [0.4, 0.5) is 5.69 Å². The molecule has 0 aliphatic carbocycles. The maximum Gasteiger partial charge on any atom is 0.337 e. The smallest absolute Gasteiger partial charge is 0.337 e. The van der Waals surface area contributed by atoms with Gasteiger partial charge in [-0.3, -0.25) is 0 Å². The van der Waals surface area contributed by atoms with E-state index in [1.54, 1.807) is 12.1 Å². The summed E-state index contributed by atoms with van der Waals surface area (Å²) < 4.78 is 4.71. The summed E-state index contributed by atoms with van der Waals surface area (Å²) in [5.74, 6) is -0.346. The zero-order chi connectivity index (χ0) is 19.2. The fraction of sp³-hybridized carbons (Fsp3) is 0.300. The molecule has 5 nitrogen and oxygen atoms in total. The van der Waals surface area contributed by atoms with E-state index in [0.717, 1.165) is 43.4 Å². The minimum Gasteiger partial charge on any atom is -0.465 e. The van der Waals surface area contributed by atoms with Crippen LogP contribution in [0, 0.1) is 0 Å². The van der Waals surface area contributed by atoms with Crippen molar-refractivity contribution >= 4 is 40.6 Å². The lowest BCUT2D eigenvalue weighted by atomic mass is 10.2. The number of carbonyl (C=O) groups is 1. The number of benzene rings is 2. The van der Waals surface area contributed by atoms with E-state index < -0.39 is 0 Å². The van der Waals surface area contributed by atoms with Gasteiger partial charge in [-0.05, 0) is 42.5 Å². The van der Waals surface area contributed by atoms with Crippen molar-refractivity contribution in [2.45, 2.75) is 6.54 Å². The maximum atomic E-state index is 11.5. The number of carbonyl (C=O) groups excluding carboxylic acids is 1. The van der Waals surface area contributed by atoms with Gasteiger partial charge in [0.2, 0.25) is 0 Å². The molecular weight excluding hydrogens is 382 g/mol. The number of methoxy groups -OCH3 is 1. The highest BCUT2D eigenvalue weighted by Gasteiger charge is 2.22. The molecule has 2 aromatic carbocycles. The first-order valence-corrected chi connectivity index (χ1v) is 9.66. The average molecular weight is 405 g/mol. The van der Waals surface area contributed by atoms with Crippen molar-refractivity contribution in [2.75, 3.05) is 38.6 Å². The number of hydrogen-bond donors (Lipinski definition) is 2. The van der Waals surface area contributed by atoms with Crippen molar-refractivity contribution < 1.29 is 14.4 Å². The van der Waals surface area contributed by atoms with Crippen molar-refractivity contribution in [3.05, 3.63) is 64.7 Å². The molecule has 3 rings (SSSR count). The van der Waals surface area contributed by atoms with Gasteiger partial charge in [0, 0.05) is 16.3 Å². The molecule has 2 N–H and O–H groups in total. The number of anilines is 1. The first-order chi connectivity index (χ1) is 13.1. The Morgan fingerprint density at radius 1 is 1.19 bits per heavy atom. The summed E-state index contributed by atoms with van der Waals surface area (Å²) >= 11 is 11.8. The second kappa shape index (κ2) is 9.17. The fourth-order valence-electron chi connectivity index (χ4n) is 3.12. The van der Waals surface area contributed by atoms with E-state index in [1.165, 1.54) is 17.6 Å². The zero-order valence-electron chi connectivity index (χ0n) is 15.2. The normalized spacial score (nSPS) is 14.7. The number of nitrogens with one attached hydrogen (secondary N) is 2. The van der Waals surface area contributed by atoms with Crippen LogP contribution in [0.3, 0.4) is 0 Å². The molecule has 7 heteroatoms. The van der Waals surface area contributed by atoms with Gasteiger partial charge in [-0.2, -0.15) is 0 Å². The summed E-state index contributed by atoms with van der Waals surface area (Å²) in [6.45, 7) is 4.74. The van der Waals surface area contributed by atoms with Crippen molar-refractivity contribution in [3.8, 4) is 0 Å². The Morgan fingerprint density at radius 3 is 2.48 bits per heavy atom. The van der Waals surface area contributed by atoms with E-state index in [9.17, 15) is 4.79 Å². The number of piperazine rings is 1. The SMILES string of the molecule is COC(=O)c1ccc(NC(=S)N2CC[NH+](Cc3ccccc3Cl)CC2)cc1. The van der Waals surface area contributed by atoms with Gasteiger partial charge in [-0.1, -0.05) is 29.8 Å². The summed E-state index contributed by atoms with van der Waals surface area (Å²) in [5, 5.41) is 4.78. The van der Waals surface area contributed by atoms with Crippen molar-refractivity contribution in [3.63, 3.8) is 0 Å². The topological polar surface area (TPSA) is 46.0 Å². The summed E-state index contributed by atoms with van der Waals surface area (Å²) in [5.41, 5.74) is 2.57. The van der Waals surface area contributed by atoms with Crippen LogP contribution < -0.4 is 10.2 Å². The van der Waals surface area contributed by atoms with E-state index in [0.29, 0.717) is 10.7 Å². The van der Waals surface area contributed by atoms with Crippen LogP contribution in [0.1, 0.15) is 15.9 Å². The van der Waals surface area contributed by atoms with Gasteiger partial charge < -0.3 is 19.9 Å². The third-order valence-corrected chi connectivity index (χ3v) is 5.44. The van der Waals surface area contributed by atoms with E-state index >= 15 is 0 Å². The molecule has 0 aromatic heterocycles. The minimum atomic E-state index is -0.346. The highest BCUT2D eigenvalue weighted by molar-refractivity contribution is 7.80. The molecule has 142 valence electrons. The molecule has 27 heavy (non-hydrogen) atoms. The molecule has 0 radical (unpaired) electrons. The van der Waals surface area contributed by atoms with Gasteiger partial charge in [0.15, 0.2) is 5.11 Å². The van der Waals surface area contributed by atoms with E-state index in [2.05, 4.69) is 16.3 Å². The number of esters is 1. The number of rotatable bonds is 4. The van der Waals surface area contributed by atoms with Crippen LogP contribution in [0.25, 0.3) is 0 Å². The monoisotopic (exact) mass is 404 g/mol. The lowest BCUT2D eigenvalue weighted by Gasteiger charge is -2.34. The Balaban J connectivity index is 1.50. The Morgan fingerprint density at radius 2 is 1.85 bits per heavy atom. The quantitative estimate of drug-likeness (QED) is 0.604. The Labute approximate surface area is 169 Å². The number of quaternary nitrogens is 1. The van der Waals surface area contributed by atoms with Crippen LogP contribution in [-0.2, 0) is 11.3 Å². The maximum absolute atomic E-state index is 11.5. The van der Waals surface area contributed by atoms with Gasteiger partial charge in [0.25, 0.3) is 0 Å². The van der Waals surface area contributed by atoms with Gasteiger partial charge in [-0.25, -0.2) is 4.79 Å². The lowest BCUT2D eigenvalue weighted by molar-refractivity contribution is -0.917. The Hall–Kier alpha value is -2.15. The number of halogens is 1. The van der Waals surface area contributed by atoms with E-state index in [4.69, 9.17) is 28.6 Å². The first kappa shape index (κ1) is 19.6. The Bertz CT molecular complexity index is 805. The molecule has 0 bridgehead atoms. The van der Waals surface area contributed by atoms with Crippen LogP contribution >= 0.6 is 23.8 Å². The zero-order valence-corrected chi connectivity index (χ0v) is 16.8. The second-order valence-electron chi connectivity index (χ2n) is 6.50. The van der Waals surface area contributed by atoms with Crippen molar-refractivity contribution in [2.24, 2.45) is 0 Å². The molecule has 1 heterocycles. The Kier molecular flexibility index (Phi) is 6.66. The predicted molar refractivity (Wildman–Crippen MR) is 111 cm³/mol. The molecule has 1 saturated heterocycles. The molecule has 0 amide bonds. The van der Waals surface area contributed by atoms with Gasteiger partial charge in [0.1, 0.15) is 6.54 Å². The largest absolute Gasteiger partial charge is 0.465 e. The number of nitrogens with zero attached hydrogens (tertiary/aromatic N) is 1. The molecule has 0 spiro atoms. The molecule has 1 fully saturated rings. The highest BCUT2D eigenvalue weighted by atomic mass is 35.5. The minimum absolute atomic E-state index is 0.346. The molecule has 1 aliphatic heterocycles. The third kappa shape index (κ3) is 5.19. The van der Waals surface area contributed by atoms with Crippen molar-refractivity contribution in [1.82, 2.24) is 4.90 Å². The van der Waals surface area contributed by atoms with Crippen molar-refractivity contribution in [1.29, 1.82) is 0 Å². The van der Waals surface area contributed by atoms with Gasteiger partial charge >= 0.3 is 5.97 Å². The lowest BCUT2D eigenvalue weighted by Crippen LogP contribution is -3.13. The standard InChI is InChI=1S/C20H22ClN3O2S/c1-26-19(25)15-6-8-17(9-7-15)22-20(27)24-12-10-23(11-13-24)14-16-4-2-3-5-18(16)21/h2-9H,10-14H2,1H3,(H,22,27)/p+1. The predicted octanol–water partition coefficient (Wildman–Crippen LogP) is 2.22. The molecule has 1 aliphatic rings. The van der Waals surface area contributed by atoms with Gasteiger partial charge in [-0.15, -0.1) is 0 Å². The van der Waals surface area contributed by atoms with Crippen LogP contribution in [0.5, 0.6) is 0 Å². The second-order valence-corrected chi connectivity index (χ2v) is 7.30. The molecule has 0 atom stereocenters. The van der Waals surface area contributed by atoms with E-state index in [-0.39, 0.29) is 5.97 Å². The highest BCUT2D eigenvalue weighted by Crippen LogP contribution is 2.14. The molecule has 0 unspecified atom stereocenters. The molecular formula is C20H23ClN3O2S+. The molecule has 0 saturated carbocycles. The number of ether oxygens (including phenoxy) is 1. The number of hydrogen-bond acceptors (Lipinski definition) is 3.